The Hall–Kier alpha value is -1.51. The summed E-state index contributed by atoms with van der Waals surface area (Å²) < 4.78 is 33.2. The van der Waals surface area contributed by atoms with E-state index < -0.39 is 5.60 Å². The highest BCUT2D eigenvalue weighted by Gasteiger charge is 2.87. The van der Waals surface area contributed by atoms with Gasteiger partial charge >= 0.3 is 5.97 Å². The Labute approximate surface area is 239 Å². The Bertz CT molecular complexity index is 1130. The van der Waals surface area contributed by atoms with Gasteiger partial charge in [0.2, 0.25) is 0 Å². The van der Waals surface area contributed by atoms with Crippen LogP contribution < -0.4 is 0 Å². The highest BCUT2D eigenvalue weighted by atomic mass is 16.6. The normalized spacial score (nSPS) is 50.1. The summed E-state index contributed by atoms with van der Waals surface area (Å²) in [6, 6.07) is 10.7. The van der Waals surface area contributed by atoms with E-state index in [-0.39, 0.29) is 65.0 Å². The van der Waals surface area contributed by atoms with Gasteiger partial charge in [0.25, 0.3) is 0 Å². The molecule has 7 rings (SSSR count). The molecule has 1 spiro atoms. The molecule has 0 N–H and O–H groups in total. The van der Waals surface area contributed by atoms with Crippen LogP contribution in [0, 0.1) is 40.4 Å². The molecular formula is C33H47NO6. The number of hydrogen-bond acceptors (Lipinski definition) is 7. The molecule has 5 aliphatic carbocycles. The molecule has 0 radical (unpaired) electrons. The Kier molecular flexibility index (Phi) is 6.49. The van der Waals surface area contributed by atoms with Gasteiger partial charge in [-0.2, -0.15) is 0 Å². The predicted molar refractivity (Wildman–Crippen MR) is 149 cm³/mol. The number of methoxy groups -OCH3 is 3. The summed E-state index contributed by atoms with van der Waals surface area (Å²) in [7, 11) is 5.64. The van der Waals surface area contributed by atoms with Crippen LogP contribution in [-0.2, 0) is 35.1 Å². The number of carbonyl (C=O) groups is 1. The molecule has 6 aliphatic rings. The van der Waals surface area contributed by atoms with Gasteiger partial charge in [-0.15, -0.1) is 0 Å². The Balaban J connectivity index is 1.43. The van der Waals surface area contributed by atoms with Crippen molar-refractivity contribution in [2.45, 2.75) is 89.1 Å². The van der Waals surface area contributed by atoms with E-state index in [4.69, 9.17) is 23.7 Å². The number of benzene rings is 1. The van der Waals surface area contributed by atoms with Crippen LogP contribution in [0.15, 0.2) is 30.3 Å². The lowest BCUT2D eigenvalue weighted by Crippen LogP contribution is -2.76. The van der Waals surface area contributed by atoms with E-state index in [2.05, 4.69) is 43.0 Å². The molecule has 0 aromatic heterocycles. The number of rotatable bonds is 8. The van der Waals surface area contributed by atoms with Crippen molar-refractivity contribution < 1.29 is 28.5 Å². The van der Waals surface area contributed by atoms with Crippen molar-refractivity contribution in [3.05, 3.63) is 35.9 Å². The minimum absolute atomic E-state index is 0.0149. The van der Waals surface area contributed by atoms with E-state index in [1.807, 2.05) is 27.4 Å². The highest BCUT2D eigenvalue weighted by molar-refractivity contribution is 5.66. The van der Waals surface area contributed by atoms with Crippen molar-refractivity contribution in [2.75, 3.05) is 34.4 Å². The van der Waals surface area contributed by atoms with Gasteiger partial charge in [0.05, 0.1) is 30.5 Å². The van der Waals surface area contributed by atoms with Crippen LogP contribution in [0.5, 0.6) is 0 Å². The molecule has 4 unspecified atom stereocenters. The van der Waals surface area contributed by atoms with Crippen LogP contribution in [0.3, 0.4) is 0 Å². The van der Waals surface area contributed by atoms with E-state index in [1.165, 1.54) is 5.56 Å². The number of nitrogens with zero attached hydrogens (tertiary/aromatic N) is 1. The number of hydrogen-bond donors (Lipinski definition) is 0. The number of fused-ring (bicyclic) bond motifs is 2. The summed E-state index contributed by atoms with van der Waals surface area (Å²) in [5.74, 6) is 0.906. The Morgan fingerprint density at radius 2 is 1.85 bits per heavy atom. The fourth-order valence-electron chi connectivity index (χ4n) is 12.0. The summed E-state index contributed by atoms with van der Waals surface area (Å²) in [6.07, 6.45) is 3.93. The number of ether oxygens (including phenoxy) is 5. The average Bonchev–Trinajstić information content (AvgIpc) is 3.38. The summed E-state index contributed by atoms with van der Waals surface area (Å²) in [5, 5.41) is 0. The molecule has 7 bridgehead atoms. The average molecular weight is 554 g/mol. The number of piperidine rings is 1. The topological polar surface area (TPSA) is 66.5 Å². The lowest BCUT2D eigenvalue weighted by atomic mass is 9.43. The van der Waals surface area contributed by atoms with E-state index in [0.717, 1.165) is 38.8 Å². The van der Waals surface area contributed by atoms with Crippen LogP contribution in [0.4, 0.5) is 0 Å². The zero-order valence-corrected chi connectivity index (χ0v) is 25.0. The molecular weight excluding hydrogens is 506 g/mol. The second-order valence-electron chi connectivity index (χ2n) is 13.9. The van der Waals surface area contributed by atoms with Gasteiger partial charge in [-0.05, 0) is 42.7 Å². The zero-order valence-electron chi connectivity index (χ0n) is 25.0. The molecule has 13 atom stereocenters. The van der Waals surface area contributed by atoms with Gasteiger partial charge in [0, 0.05) is 76.3 Å². The molecule has 1 heterocycles. The maximum Gasteiger partial charge on any atom is 0.302 e. The van der Waals surface area contributed by atoms with Crippen LogP contribution >= 0.6 is 0 Å². The van der Waals surface area contributed by atoms with Crippen molar-refractivity contribution in [3.8, 4) is 0 Å². The molecule has 7 nitrogen and oxygen atoms in total. The van der Waals surface area contributed by atoms with Crippen molar-refractivity contribution in [3.63, 3.8) is 0 Å². The summed E-state index contributed by atoms with van der Waals surface area (Å²) >= 11 is 0. The Morgan fingerprint density at radius 3 is 2.50 bits per heavy atom. The fourth-order valence-corrected chi connectivity index (χ4v) is 12.0. The summed E-state index contributed by atoms with van der Waals surface area (Å²) in [4.78, 5) is 15.6. The van der Waals surface area contributed by atoms with Crippen molar-refractivity contribution in [1.29, 1.82) is 0 Å². The summed E-state index contributed by atoms with van der Waals surface area (Å²) in [6.45, 7) is 8.91. The van der Waals surface area contributed by atoms with E-state index >= 15 is 0 Å². The largest absolute Gasteiger partial charge is 0.462 e. The van der Waals surface area contributed by atoms with Gasteiger partial charge in [0.1, 0.15) is 6.10 Å². The van der Waals surface area contributed by atoms with Crippen LogP contribution in [-0.4, -0.2) is 81.3 Å². The van der Waals surface area contributed by atoms with Gasteiger partial charge in [-0.1, -0.05) is 44.2 Å². The molecule has 1 aromatic rings. The molecule has 1 aromatic carbocycles. The van der Waals surface area contributed by atoms with Crippen molar-refractivity contribution in [1.82, 2.24) is 4.90 Å². The third-order valence-electron chi connectivity index (χ3n) is 12.8. The van der Waals surface area contributed by atoms with Gasteiger partial charge in [-0.3, -0.25) is 9.69 Å². The Morgan fingerprint density at radius 1 is 1.07 bits per heavy atom. The quantitative estimate of drug-likeness (QED) is 0.444. The highest BCUT2D eigenvalue weighted by Crippen LogP contribution is 2.80. The smallest absolute Gasteiger partial charge is 0.302 e. The summed E-state index contributed by atoms with van der Waals surface area (Å²) in [5.41, 5.74) is 0.595. The minimum Gasteiger partial charge on any atom is -0.462 e. The molecule has 6 fully saturated rings. The molecule has 0 amide bonds. The van der Waals surface area contributed by atoms with Gasteiger partial charge in [0.15, 0.2) is 0 Å². The lowest BCUT2D eigenvalue weighted by molar-refractivity contribution is -0.280. The minimum atomic E-state index is -0.510. The van der Waals surface area contributed by atoms with E-state index in [9.17, 15) is 4.79 Å². The standard InChI is InChI=1S/C33H47NO6/c1-7-34-18-31(3)14-13-24(37-5)33-22-15-21-23(36-4)16-32(38-6,26(30(33)34)28(29(31)33)40-19(2)35)25(22)27(21)39-17-20-11-9-8-10-12-20/h8-12,21-30H,7,13-18H2,1-6H3/t21-,22?,23+,24+,25?,26?,27+,28+,29-,30-,31+,32-,33?/m1/s1. The SMILES string of the molecule is CCN1C[C@]2(C)CC[C@H](OC)C34C5C[C@@H]6[C@@H](OC)C[C@@](OC)(C5[C@H]6OCc5ccccc5)C([C@H](OC(C)=O)[C@@H]32)[C@@H]14. The predicted octanol–water partition coefficient (Wildman–Crippen LogP) is 4.32. The zero-order chi connectivity index (χ0) is 28.0. The molecule has 5 saturated carbocycles. The van der Waals surface area contributed by atoms with Crippen molar-refractivity contribution >= 4 is 5.97 Å². The first-order valence-electron chi connectivity index (χ1n) is 15.5. The number of esters is 1. The van der Waals surface area contributed by atoms with Crippen LogP contribution in [0.2, 0.25) is 0 Å². The van der Waals surface area contributed by atoms with Gasteiger partial charge in [-0.25, -0.2) is 0 Å². The number of carbonyl (C=O) groups excluding carboxylic acids is 1. The van der Waals surface area contributed by atoms with Crippen LogP contribution in [0.25, 0.3) is 0 Å². The first-order valence-corrected chi connectivity index (χ1v) is 15.5. The van der Waals surface area contributed by atoms with Gasteiger partial charge < -0.3 is 23.7 Å². The first kappa shape index (κ1) is 27.3. The fraction of sp³-hybridized carbons (Fsp3) is 0.788. The third-order valence-corrected chi connectivity index (χ3v) is 12.8. The van der Waals surface area contributed by atoms with Crippen LogP contribution in [0.1, 0.15) is 52.0 Å². The molecule has 1 aliphatic heterocycles. The maximum absolute atomic E-state index is 12.8. The van der Waals surface area contributed by atoms with E-state index in [0.29, 0.717) is 18.4 Å². The monoisotopic (exact) mass is 553 g/mol. The second kappa shape index (κ2) is 9.50. The third kappa shape index (κ3) is 3.27. The second-order valence-corrected chi connectivity index (χ2v) is 13.9. The molecule has 220 valence electrons. The molecule has 1 saturated heterocycles. The first-order chi connectivity index (χ1) is 19.3. The van der Waals surface area contributed by atoms with E-state index in [1.54, 1.807) is 6.92 Å². The molecule has 7 heteroatoms. The maximum atomic E-state index is 12.8. The lowest BCUT2D eigenvalue weighted by Gasteiger charge is -2.69. The number of likely N-dealkylation sites (tertiary alicyclic amines) is 1. The van der Waals surface area contributed by atoms with Crippen molar-refractivity contribution in [2.24, 2.45) is 40.4 Å². The molecule has 40 heavy (non-hydrogen) atoms.